The zero-order chi connectivity index (χ0) is 22.4. The second kappa shape index (κ2) is 10.1. The van der Waals surface area contributed by atoms with Gasteiger partial charge in [0.15, 0.2) is 11.0 Å². The number of nitrogens with zero attached hydrogens (tertiary/aromatic N) is 3. The summed E-state index contributed by atoms with van der Waals surface area (Å²) in [5.41, 5.74) is 1.63. The van der Waals surface area contributed by atoms with Gasteiger partial charge in [0.05, 0.1) is 18.4 Å². The first kappa shape index (κ1) is 22.4. The Hall–Kier alpha value is -3.33. The number of carboxylic acids is 1. The summed E-state index contributed by atoms with van der Waals surface area (Å²) in [6, 6.07) is 13.6. The predicted molar refractivity (Wildman–Crippen MR) is 120 cm³/mol. The number of thioether (sulfide) groups is 1. The fourth-order valence-corrected chi connectivity index (χ4v) is 3.65. The van der Waals surface area contributed by atoms with Gasteiger partial charge < -0.3 is 19.7 Å². The zero-order valence-corrected chi connectivity index (χ0v) is 18.3. The SMILES string of the molecule is COc1ccc(-c2nnc(SCC(=O)Nc3ccc(C(=O)O)cc3)n2CC(C)C)cc1. The van der Waals surface area contributed by atoms with E-state index in [-0.39, 0.29) is 17.2 Å². The van der Waals surface area contributed by atoms with Crippen LogP contribution in [0.2, 0.25) is 0 Å². The van der Waals surface area contributed by atoms with Gasteiger partial charge in [-0.05, 0) is 54.4 Å². The van der Waals surface area contributed by atoms with Gasteiger partial charge >= 0.3 is 5.97 Å². The van der Waals surface area contributed by atoms with E-state index in [0.29, 0.717) is 16.8 Å². The molecule has 8 nitrogen and oxygen atoms in total. The molecule has 1 amide bonds. The monoisotopic (exact) mass is 440 g/mol. The number of benzene rings is 2. The van der Waals surface area contributed by atoms with Gasteiger partial charge in [-0.3, -0.25) is 4.79 Å². The van der Waals surface area contributed by atoms with Gasteiger partial charge in [-0.2, -0.15) is 0 Å². The van der Waals surface area contributed by atoms with Crippen LogP contribution in [-0.4, -0.2) is 44.6 Å². The number of methoxy groups -OCH3 is 1. The van der Waals surface area contributed by atoms with E-state index in [1.54, 1.807) is 19.2 Å². The number of carbonyl (C=O) groups excluding carboxylic acids is 1. The molecule has 0 bridgehead atoms. The lowest BCUT2D eigenvalue weighted by atomic mass is 10.2. The fourth-order valence-electron chi connectivity index (χ4n) is 2.90. The van der Waals surface area contributed by atoms with Gasteiger partial charge in [0.1, 0.15) is 5.75 Å². The summed E-state index contributed by atoms with van der Waals surface area (Å²) in [5.74, 6) is 0.807. The van der Waals surface area contributed by atoms with E-state index in [2.05, 4.69) is 29.4 Å². The molecule has 1 heterocycles. The minimum atomic E-state index is -1.01. The molecule has 31 heavy (non-hydrogen) atoms. The number of ether oxygens (including phenoxy) is 1. The maximum Gasteiger partial charge on any atom is 0.335 e. The first-order valence-electron chi connectivity index (χ1n) is 9.71. The molecule has 0 saturated carbocycles. The topological polar surface area (TPSA) is 106 Å². The van der Waals surface area contributed by atoms with Crippen molar-refractivity contribution >= 4 is 29.3 Å². The van der Waals surface area contributed by atoms with Crippen LogP contribution in [0.3, 0.4) is 0 Å². The molecule has 3 aromatic rings. The predicted octanol–water partition coefficient (Wildman–Crippen LogP) is 4.04. The standard InChI is InChI=1S/C22H24N4O4S/c1-14(2)12-26-20(15-6-10-18(30-3)11-7-15)24-25-22(26)31-13-19(27)23-17-8-4-16(5-9-17)21(28)29/h4-11,14H,12-13H2,1-3H3,(H,23,27)(H,28,29). The molecule has 0 spiro atoms. The highest BCUT2D eigenvalue weighted by Crippen LogP contribution is 2.26. The Morgan fingerprint density at radius 2 is 1.77 bits per heavy atom. The number of rotatable bonds is 9. The number of anilines is 1. The smallest absolute Gasteiger partial charge is 0.335 e. The van der Waals surface area contributed by atoms with E-state index < -0.39 is 5.97 Å². The molecule has 0 saturated heterocycles. The number of carboxylic acid groups (broad SMARTS) is 1. The Labute approximate surface area is 184 Å². The minimum Gasteiger partial charge on any atom is -0.497 e. The molecule has 0 atom stereocenters. The van der Waals surface area contributed by atoms with Crippen molar-refractivity contribution in [3.05, 3.63) is 54.1 Å². The first-order chi connectivity index (χ1) is 14.9. The zero-order valence-electron chi connectivity index (χ0n) is 17.5. The van der Waals surface area contributed by atoms with Crippen molar-refractivity contribution < 1.29 is 19.4 Å². The van der Waals surface area contributed by atoms with Crippen LogP contribution in [-0.2, 0) is 11.3 Å². The quantitative estimate of drug-likeness (QED) is 0.484. The van der Waals surface area contributed by atoms with Crippen LogP contribution in [0.25, 0.3) is 11.4 Å². The lowest BCUT2D eigenvalue weighted by Crippen LogP contribution is -2.15. The molecule has 9 heteroatoms. The summed E-state index contributed by atoms with van der Waals surface area (Å²) in [5, 5.41) is 21.0. The van der Waals surface area contributed by atoms with Crippen molar-refractivity contribution in [2.24, 2.45) is 5.92 Å². The highest BCUT2D eigenvalue weighted by molar-refractivity contribution is 7.99. The van der Waals surface area contributed by atoms with Gasteiger partial charge in [0, 0.05) is 17.8 Å². The fraction of sp³-hybridized carbons (Fsp3) is 0.273. The van der Waals surface area contributed by atoms with Gasteiger partial charge in [-0.25, -0.2) is 4.79 Å². The van der Waals surface area contributed by atoms with Crippen molar-refractivity contribution in [3.63, 3.8) is 0 Å². The van der Waals surface area contributed by atoms with E-state index >= 15 is 0 Å². The molecule has 2 aromatic carbocycles. The summed E-state index contributed by atoms with van der Waals surface area (Å²) in [7, 11) is 1.62. The number of carbonyl (C=O) groups is 2. The summed E-state index contributed by atoms with van der Waals surface area (Å²) in [6.45, 7) is 4.94. The number of hydrogen-bond acceptors (Lipinski definition) is 6. The van der Waals surface area contributed by atoms with Gasteiger partial charge in [-0.15, -0.1) is 10.2 Å². The third-order valence-corrected chi connectivity index (χ3v) is 5.33. The van der Waals surface area contributed by atoms with Crippen LogP contribution in [0, 0.1) is 5.92 Å². The van der Waals surface area contributed by atoms with E-state index in [4.69, 9.17) is 9.84 Å². The number of hydrogen-bond donors (Lipinski definition) is 2. The summed E-state index contributed by atoms with van der Waals surface area (Å²) < 4.78 is 7.24. The average Bonchev–Trinajstić information content (AvgIpc) is 3.14. The second-order valence-corrected chi connectivity index (χ2v) is 8.20. The molecule has 2 N–H and O–H groups in total. The average molecular weight is 441 g/mol. The summed E-state index contributed by atoms with van der Waals surface area (Å²) >= 11 is 1.31. The maximum atomic E-state index is 12.4. The second-order valence-electron chi connectivity index (χ2n) is 7.26. The van der Waals surface area contributed by atoms with Crippen LogP contribution < -0.4 is 10.1 Å². The van der Waals surface area contributed by atoms with Crippen LogP contribution in [0.1, 0.15) is 24.2 Å². The largest absolute Gasteiger partial charge is 0.497 e. The molecule has 0 aliphatic rings. The molecular weight excluding hydrogens is 416 g/mol. The Bertz CT molecular complexity index is 1050. The van der Waals surface area contributed by atoms with Gasteiger partial charge in [-0.1, -0.05) is 25.6 Å². The van der Waals surface area contributed by atoms with Crippen LogP contribution in [0.4, 0.5) is 5.69 Å². The Balaban J connectivity index is 1.70. The van der Waals surface area contributed by atoms with E-state index in [1.165, 1.54) is 23.9 Å². The van der Waals surface area contributed by atoms with Crippen molar-refractivity contribution in [1.82, 2.24) is 14.8 Å². The molecular formula is C22H24N4O4S. The normalized spacial score (nSPS) is 10.8. The van der Waals surface area contributed by atoms with Gasteiger partial charge in [0.25, 0.3) is 0 Å². The summed E-state index contributed by atoms with van der Waals surface area (Å²) in [6.07, 6.45) is 0. The highest BCUT2D eigenvalue weighted by atomic mass is 32.2. The molecule has 0 radical (unpaired) electrons. The maximum absolute atomic E-state index is 12.4. The first-order valence-corrected chi connectivity index (χ1v) is 10.7. The van der Waals surface area contributed by atoms with Crippen LogP contribution in [0.5, 0.6) is 5.75 Å². The van der Waals surface area contributed by atoms with Crippen molar-refractivity contribution in [1.29, 1.82) is 0 Å². The van der Waals surface area contributed by atoms with Crippen molar-refractivity contribution in [2.45, 2.75) is 25.5 Å². The molecule has 0 aliphatic heterocycles. The summed E-state index contributed by atoms with van der Waals surface area (Å²) in [4.78, 5) is 23.3. The van der Waals surface area contributed by atoms with Crippen molar-refractivity contribution in [2.75, 3.05) is 18.2 Å². The van der Waals surface area contributed by atoms with Crippen LogP contribution in [0.15, 0.2) is 53.7 Å². The highest BCUT2D eigenvalue weighted by Gasteiger charge is 2.17. The molecule has 1 aromatic heterocycles. The lowest BCUT2D eigenvalue weighted by Gasteiger charge is -2.13. The van der Waals surface area contributed by atoms with Crippen molar-refractivity contribution in [3.8, 4) is 17.1 Å². The molecule has 0 unspecified atom stereocenters. The van der Waals surface area contributed by atoms with E-state index in [1.807, 2.05) is 28.8 Å². The molecule has 3 rings (SSSR count). The van der Waals surface area contributed by atoms with E-state index in [0.717, 1.165) is 23.7 Å². The number of aromatic carboxylic acids is 1. The van der Waals surface area contributed by atoms with Crippen LogP contribution >= 0.6 is 11.8 Å². The minimum absolute atomic E-state index is 0.152. The number of nitrogens with one attached hydrogen (secondary N) is 1. The van der Waals surface area contributed by atoms with E-state index in [9.17, 15) is 9.59 Å². The Morgan fingerprint density at radius 3 is 2.35 bits per heavy atom. The number of aromatic nitrogens is 3. The molecule has 0 fully saturated rings. The Morgan fingerprint density at radius 1 is 1.10 bits per heavy atom. The molecule has 0 aliphatic carbocycles. The number of amides is 1. The third-order valence-electron chi connectivity index (χ3n) is 4.36. The third kappa shape index (κ3) is 5.85. The lowest BCUT2D eigenvalue weighted by molar-refractivity contribution is -0.113. The molecule has 162 valence electrons. The Kier molecular flexibility index (Phi) is 7.30. The van der Waals surface area contributed by atoms with Gasteiger partial charge in [0.2, 0.25) is 5.91 Å².